The lowest BCUT2D eigenvalue weighted by atomic mass is 10.0. The van der Waals surface area contributed by atoms with Crippen LogP contribution in [-0.4, -0.2) is 40.2 Å². The minimum absolute atomic E-state index is 0.0534. The van der Waals surface area contributed by atoms with Crippen molar-refractivity contribution in [1.29, 1.82) is 0 Å². The normalized spacial score (nSPS) is 17.1. The quantitative estimate of drug-likeness (QED) is 0.279. The van der Waals surface area contributed by atoms with Crippen LogP contribution in [-0.2, 0) is 4.74 Å². The third kappa shape index (κ3) is 4.51. The monoisotopic (exact) mass is 450 g/mol. The van der Waals surface area contributed by atoms with Crippen molar-refractivity contribution in [3.05, 3.63) is 71.9 Å². The van der Waals surface area contributed by atoms with Gasteiger partial charge in [-0.25, -0.2) is 0 Å². The summed E-state index contributed by atoms with van der Waals surface area (Å²) in [4.78, 5) is 16.8. The van der Waals surface area contributed by atoms with Gasteiger partial charge in [-0.3, -0.25) is 4.79 Å². The number of nitrogens with one attached hydrogen (secondary N) is 2. The Kier molecular flexibility index (Phi) is 6.01. The SMILES string of the molecule is O=C(c1c[nH]c2ccccc12)[C@H](Sc1nnc(NC[C@H]2CCCO2)s1)c1ccccc1. The molecule has 2 aromatic heterocycles. The summed E-state index contributed by atoms with van der Waals surface area (Å²) in [5, 5.41) is 13.2. The lowest BCUT2D eigenvalue weighted by Gasteiger charge is -2.14. The number of Topliss-reactive ketones (excluding diaryl/α,β-unsaturated/α-hetero) is 1. The van der Waals surface area contributed by atoms with Crippen LogP contribution in [0.5, 0.6) is 0 Å². The van der Waals surface area contributed by atoms with Crippen LogP contribution in [0.1, 0.15) is 34.0 Å². The summed E-state index contributed by atoms with van der Waals surface area (Å²) in [6, 6.07) is 17.7. The van der Waals surface area contributed by atoms with E-state index in [1.807, 2.05) is 54.6 Å². The van der Waals surface area contributed by atoms with E-state index in [2.05, 4.69) is 20.5 Å². The van der Waals surface area contributed by atoms with Gasteiger partial charge in [-0.1, -0.05) is 71.6 Å². The van der Waals surface area contributed by atoms with E-state index in [0.29, 0.717) is 5.56 Å². The molecule has 6 nitrogen and oxygen atoms in total. The lowest BCUT2D eigenvalue weighted by molar-refractivity contribution is 0.0991. The van der Waals surface area contributed by atoms with Crippen molar-refractivity contribution in [2.75, 3.05) is 18.5 Å². The molecule has 2 N–H and O–H groups in total. The maximum Gasteiger partial charge on any atom is 0.206 e. The summed E-state index contributed by atoms with van der Waals surface area (Å²) >= 11 is 2.92. The number of thioether (sulfide) groups is 1. The maximum atomic E-state index is 13.6. The summed E-state index contributed by atoms with van der Waals surface area (Å²) in [5.41, 5.74) is 2.60. The molecule has 1 aliphatic heterocycles. The summed E-state index contributed by atoms with van der Waals surface area (Å²) in [6.45, 7) is 1.56. The second-order valence-corrected chi connectivity index (χ2v) is 9.74. The Morgan fingerprint density at radius 1 is 1.19 bits per heavy atom. The highest BCUT2D eigenvalue weighted by atomic mass is 32.2. The molecular weight excluding hydrogens is 428 g/mol. The fourth-order valence-corrected chi connectivity index (χ4v) is 5.77. The minimum atomic E-state index is -0.403. The molecule has 3 heterocycles. The van der Waals surface area contributed by atoms with Crippen molar-refractivity contribution in [2.45, 2.75) is 28.5 Å². The smallest absolute Gasteiger partial charge is 0.206 e. The Morgan fingerprint density at radius 2 is 2.03 bits per heavy atom. The summed E-state index contributed by atoms with van der Waals surface area (Å²) < 4.78 is 6.41. The number of anilines is 1. The van der Waals surface area contributed by atoms with Crippen LogP contribution in [0, 0.1) is 0 Å². The number of aromatic amines is 1. The topological polar surface area (TPSA) is 79.9 Å². The number of carbonyl (C=O) groups excluding carboxylic acids is 1. The van der Waals surface area contributed by atoms with Crippen LogP contribution in [0.4, 0.5) is 5.13 Å². The van der Waals surface area contributed by atoms with Crippen molar-refractivity contribution >= 4 is 44.9 Å². The number of aromatic nitrogens is 3. The van der Waals surface area contributed by atoms with Crippen molar-refractivity contribution in [3.8, 4) is 0 Å². The van der Waals surface area contributed by atoms with Gasteiger partial charge in [0.1, 0.15) is 5.25 Å². The third-order valence-electron chi connectivity index (χ3n) is 5.33. The first kappa shape index (κ1) is 20.2. The molecule has 1 aliphatic rings. The molecule has 1 fully saturated rings. The number of ketones is 1. The van der Waals surface area contributed by atoms with Gasteiger partial charge in [-0.05, 0) is 24.5 Å². The number of carbonyl (C=O) groups is 1. The molecule has 0 radical (unpaired) electrons. The first-order valence-electron chi connectivity index (χ1n) is 10.3. The van der Waals surface area contributed by atoms with Crippen LogP contribution in [0.15, 0.2) is 65.1 Å². The number of fused-ring (bicyclic) bond motifs is 1. The molecule has 0 unspecified atom stereocenters. The summed E-state index contributed by atoms with van der Waals surface area (Å²) in [5.74, 6) is 0.0534. The molecule has 31 heavy (non-hydrogen) atoms. The van der Waals surface area contributed by atoms with E-state index in [1.54, 1.807) is 6.20 Å². The van der Waals surface area contributed by atoms with E-state index < -0.39 is 5.25 Å². The number of rotatable bonds is 8. The predicted molar refractivity (Wildman–Crippen MR) is 125 cm³/mol. The van der Waals surface area contributed by atoms with Gasteiger partial charge < -0.3 is 15.0 Å². The molecule has 2 aromatic carbocycles. The highest BCUT2D eigenvalue weighted by Gasteiger charge is 2.27. The second kappa shape index (κ2) is 9.21. The molecule has 158 valence electrons. The number of ether oxygens (including phenoxy) is 1. The fourth-order valence-electron chi connectivity index (χ4n) is 3.75. The molecule has 5 rings (SSSR count). The largest absolute Gasteiger partial charge is 0.376 e. The van der Waals surface area contributed by atoms with E-state index in [0.717, 1.165) is 51.9 Å². The molecule has 0 amide bonds. The summed E-state index contributed by atoms with van der Waals surface area (Å²) in [7, 11) is 0. The Labute approximate surface area is 188 Å². The number of nitrogens with zero attached hydrogens (tertiary/aromatic N) is 2. The predicted octanol–water partition coefficient (Wildman–Crippen LogP) is 5.33. The number of H-pyrrole nitrogens is 1. The van der Waals surface area contributed by atoms with Crippen molar-refractivity contribution < 1.29 is 9.53 Å². The molecule has 8 heteroatoms. The first-order chi connectivity index (χ1) is 15.3. The number of hydrogen-bond acceptors (Lipinski definition) is 7. The van der Waals surface area contributed by atoms with Crippen LogP contribution in [0.25, 0.3) is 10.9 Å². The maximum absolute atomic E-state index is 13.6. The number of para-hydroxylation sites is 1. The van der Waals surface area contributed by atoms with Gasteiger partial charge in [0.2, 0.25) is 5.13 Å². The van der Waals surface area contributed by atoms with Crippen LogP contribution < -0.4 is 5.32 Å². The lowest BCUT2D eigenvalue weighted by Crippen LogP contribution is -2.18. The molecule has 1 saturated heterocycles. The number of hydrogen-bond donors (Lipinski definition) is 2. The van der Waals surface area contributed by atoms with Gasteiger partial charge >= 0.3 is 0 Å². The van der Waals surface area contributed by atoms with Gasteiger partial charge in [0.25, 0.3) is 0 Å². The molecule has 0 aliphatic carbocycles. The molecular formula is C23H22N4O2S2. The third-order valence-corrected chi connectivity index (χ3v) is 7.54. The Hall–Kier alpha value is -2.68. The Morgan fingerprint density at radius 3 is 2.87 bits per heavy atom. The zero-order valence-electron chi connectivity index (χ0n) is 16.8. The average molecular weight is 451 g/mol. The highest BCUT2D eigenvalue weighted by molar-refractivity contribution is 8.02. The molecule has 0 saturated carbocycles. The van der Waals surface area contributed by atoms with Crippen LogP contribution in [0.3, 0.4) is 0 Å². The second-order valence-electron chi connectivity index (χ2n) is 7.41. The zero-order valence-corrected chi connectivity index (χ0v) is 18.4. The van der Waals surface area contributed by atoms with E-state index in [9.17, 15) is 4.79 Å². The standard InChI is InChI=1S/C23H22N4O2S2/c28-20(18-14-24-19-11-5-4-10-17(18)19)21(15-7-2-1-3-8-15)30-23-27-26-22(31-23)25-13-16-9-6-12-29-16/h1-5,7-8,10-11,14,16,21,24H,6,9,12-13H2,(H,25,26)/t16-,21-/m1/s1. The molecule has 2 atom stereocenters. The van der Waals surface area contributed by atoms with Crippen molar-refractivity contribution in [2.24, 2.45) is 0 Å². The minimum Gasteiger partial charge on any atom is -0.376 e. The zero-order chi connectivity index (χ0) is 21.0. The van der Waals surface area contributed by atoms with Crippen LogP contribution in [0.2, 0.25) is 0 Å². The van der Waals surface area contributed by atoms with E-state index >= 15 is 0 Å². The van der Waals surface area contributed by atoms with Gasteiger partial charge in [-0.2, -0.15) is 0 Å². The highest BCUT2D eigenvalue weighted by Crippen LogP contribution is 2.40. The van der Waals surface area contributed by atoms with Gasteiger partial charge in [0, 0.05) is 35.8 Å². The molecule has 0 spiro atoms. The Bertz CT molecular complexity index is 1170. The van der Waals surface area contributed by atoms with Crippen LogP contribution >= 0.6 is 23.1 Å². The van der Waals surface area contributed by atoms with E-state index in [1.165, 1.54) is 23.1 Å². The summed E-state index contributed by atoms with van der Waals surface area (Å²) in [6.07, 6.45) is 4.22. The van der Waals surface area contributed by atoms with Crippen molar-refractivity contribution in [1.82, 2.24) is 15.2 Å². The van der Waals surface area contributed by atoms with Gasteiger partial charge in [0.15, 0.2) is 10.1 Å². The molecule has 0 bridgehead atoms. The molecule has 4 aromatic rings. The van der Waals surface area contributed by atoms with Crippen molar-refractivity contribution in [3.63, 3.8) is 0 Å². The Balaban J connectivity index is 1.38. The fraction of sp³-hybridized carbons (Fsp3) is 0.261. The van der Waals surface area contributed by atoms with Gasteiger partial charge in [-0.15, -0.1) is 10.2 Å². The average Bonchev–Trinajstić information content (AvgIpc) is 3.57. The van der Waals surface area contributed by atoms with E-state index in [4.69, 9.17) is 4.74 Å². The first-order valence-corrected chi connectivity index (χ1v) is 12.0. The number of benzene rings is 2. The van der Waals surface area contributed by atoms with Gasteiger partial charge in [0.05, 0.1) is 6.10 Å². The van der Waals surface area contributed by atoms with E-state index in [-0.39, 0.29) is 11.9 Å².